The minimum atomic E-state index is -0.226. The molecule has 0 radical (unpaired) electrons. The molecule has 0 bridgehead atoms. The van der Waals surface area contributed by atoms with Crippen molar-refractivity contribution < 1.29 is 9.18 Å². The number of amides is 1. The standard InChI is InChI=1S/C13H17FN2O/c1-10(17)16-8-7-15(2)13(9-16)11-3-5-12(14)6-4-11/h3-6,13H,7-9H2,1-2H3. The van der Waals surface area contributed by atoms with Crippen LogP contribution in [-0.2, 0) is 4.79 Å². The van der Waals surface area contributed by atoms with Crippen LogP contribution >= 0.6 is 0 Å². The maximum absolute atomic E-state index is 12.9. The minimum Gasteiger partial charge on any atom is -0.340 e. The molecular weight excluding hydrogens is 219 g/mol. The van der Waals surface area contributed by atoms with Crippen molar-refractivity contribution in [2.75, 3.05) is 26.7 Å². The second-order valence-electron chi connectivity index (χ2n) is 4.51. The van der Waals surface area contributed by atoms with E-state index >= 15 is 0 Å². The van der Waals surface area contributed by atoms with Crippen LogP contribution in [0.4, 0.5) is 4.39 Å². The molecule has 0 N–H and O–H groups in total. The maximum atomic E-state index is 12.9. The fourth-order valence-corrected chi connectivity index (χ4v) is 2.20. The van der Waals surface area contributed by atoms with E-state index in [0.717, 1.165) is 18.7 Å². The van der Waals surface area contributed by atoms with Gasteiger partial charge in [-0.1, -0.05) is 12.1 Å². The fraction of sp³-hybridized carbons (Fsp3) is 0.462. The van der Waals surface area contributed by atoms with Crippen molar-refractivity contribution in [3.8, 4) is 0 Å². The van der Waals surface area contributed by atoms with E-state index < -0.39 is 0 Å². The van der Waals surface area contributed by atoms with Gasteiger partial charge >= 0.3 is 0 Å². The molecule has 1 fully saturated rings. The highest BCUT2D eigenvalue weighted by Gasteiger charge is 2.26. The van der Waals surface area contributed by atoms with Crippen LogP contribution in [0.5, 0.6) is 0 Å². The van der Waals surface area contributed by atoms with Crippen molar-refractivity contribution in [1.82, 2.24) is 9.80 Å². The Hall–Kier alpha value is -1.42. The summed E-state index contributed by atoms with van der Waals surface area (Å²) in [6.45, 7) is 3.88. The van der Waals surface area contributed by atoms with E-state index in [1.807, 2.05) is 11.9 Å². The van der Waals surface area contributed by atoms with Gasteiger partial charge in [0, 0.05) is 26.6 Å². The molecule has 1 atom stereocenters. The summed E-state index contributed by atoms with van der Waals surface area (Å²) in [4.78, 5) is 15.4. The van der Waals surface area contributed by atoms with Gasteiger partial charge in [0.1, 0.15) is 5.82 Å². The lowest BCUT2D eigenvalue weighted by Crippen LogP contribution is -2.48. The number of benzene rings is 1. The lowest BCUT2D eigenvalue weighted by molar-refractivity contribution is -0.131. The average Bonchev–Trinajstić information content (AvgIpc) is 2.31. The summed E-state index contributed by atoms with van der Waals surface area (Å²) < 4.78 is 12.9. The Kier molecular flexibility index (Phi) is 3.43. The first-order chi connectivity index (χ1) is 8.08. The number of piperazine rings is 1. The Labute approximate surface area is 101 Å². The molecular formula is C13H17FN2O. The van der Waals surface area contributed by atoms with Crippen molar-refractivity contribution in [2.45, 2.75) is 13.0 Å². The van der Waals surface area contributed by atoms with Gasteiger partial charge in [0.25, 0.3) is 0 Å². The Bertz CT molecular complexity index is 404. The van der Waals surface area contributed by atoms with Crippen molar-refractivity contribution in [2.24, 2.45) is 0 Å². The zero-order valence-electron chi connectivity index (χ0n) is 10.2. The van der Waals surface area contributed by atoms with E-state index in [9.17, 15) is 9.18 Å². The second-order valence-corrected chi connectivity index (χ2v) is 4.51. The molecule has 92 valence electrons. The number of likely N-dealkylation sites (N-methyl/N-ethyl adjacent to an activating group) is 1. The number of carbonyl (C=O) groups excluding carboxylic acids is 1. The Morgan fingerprint density at radius 1 is 1.29 bits per heavy atom. The molecule has 4 heteroatoms. The molecule has 1 saturated heterocycles. The molecule has 1 amide bonds. The van der Waals surface area contributed by atoms with E-state index in [4.69, 9.17) is 0 Å². The molecule has 1 aliphatic heterocycles. The van der Waals surface area contributed by atoms with Crippen molar-refractivity contribution >= 4 is 5.91 Å². The molecule has 2 rings (SSSR count). The van der Waals surface area contributed by atoms with Gasteiger partial charge in [0.2, 0.25) is 5.91 Å². The molecule has 0 aliphatic carbocycles. The first-order valence-corrected chi connectivity index (χ1v) is 5.79. The third-order valence-corrected chi connectivity index (χ3v) is 3.35. The van der Waals surface area contributed by atoms with Crippen molar-refractivity contribution in [3.05, 3.63) is 35.6 Å². The minimum absolute atomic E-state index is 0.102. The van der Waals surface area contributed by atoms with Crippen LogP contribution in [0.25, 0.3) is 0 Å². The van der Waals surface area contributed by atoms with E-state index in [1.54, 1.807) is 19.1 Å². The summed E-state index contributed by atoms with van der Waals surface area (Å²) in [7, 11) is 2.03. The summed E-state index contributed by atoms with van der Waals surface area (Å²) in [6.07, 6.45) is 0. The van der Waals surface area contributed by atoms with Crippen LogP contribution in [0.15, 0.2) is 24.3 Å². The highest BCUT2D eigenvalue weighted by Crippen LogP contribution is 2.24. The van der Waals surface area contributed by atoms with Crippen LogP contribution in [0.1, 0.15) is 18.5 Å². The predicted octanol–water partition coefficient (Wildman–Crippen LogP) is 1.66. The molecule has 3 nitrogen and oxygen atoms in total. The SMILES string of the molecule is CC(=O)N1CCN(C)C(c2ccc(F)cc2)C1. The normalized spacial score (nSPS) is 21.6. The van der Waals surface area contributed by atoms with Crippen LogP contribution < -0.4 is 0 Å². The molecule has 17 heavy (non-hydrogen) atoms. The van der Waals surface area contributed by atoms with E-state index in [-0.39, 0.29) is 17.8 Å². The Balaban J connectivity index is 2.17. The highest BCUT2D eigenvalue weighted by atomic mass is 19.1. The van der Waals surface area contributed by atoms with Gasteiger partial charge in [0.05, 0.1) is 6.04 Å². The summed E-state index contributed by atoms with van der Waals surface area (Å²) >= 11 is 0. The topological polar surface area (TPSA) is 23.6 Å². The lowest BCUT2D eigenvalue weighted by atomic mass is 10.0. The smallest absolute Gasteiger partial charge is 0.219 e. The summed E-state index contributed by atoms with van der Waals surface area (Å²) in [5.41, 5.74) is 1.06. The van der Waals surface area contributed by atoms with Gasteiger partial charge in [-0.15, -0.1) is 0 Å². The van der Waals surface area contributed by atoms with Gasteiger partial charge in [-0.25, -0.2) is 4.39 Å². The van der Waals surface area contributed by atoms with Gasteiger partial charge in [-0.2, -0.15) is 0 Å². The Morgan fingerprint density at radius 2 is 1.94 bits per heavy atom. The highest BCUT2D eigenvalue weighted by molar-refractivity contribution is 5.73. The number of halogens is 1. The fourth-order valence-electron chi connectivity index (χ4n) is 2.20. The molecule has 1 heterocycles. The number of nitrogens with zero attached hydrogens (tertiary/aromatic N) is 2. The zero-order valence-corrected chi connectivity index (χ0v) is 10.2. The predicted molar refractivity (Wildman–Crippen MR) is 64.0 cm³/mol. The maximum Gasteiger partial charge on any atom is 0.219 e. The number of rotatable bonds is 1. The van der Waals surface area contributed by atoms with Gasteiger partial charge in [0.15, 0.2) is 0 Å². The van der Waals surface area contributed by atoms with E-state index in [1.165, 1.54) is 12.1 Å². The molecule has 1 aromatic carbocycles. The van der Waals surface area contributed by atoms with Gasteiger partial charge in [-0.05, 0) is 24.7 Å². The summed E-state index contributed by atoms with van der Waals surface area (Å²) in [5, 5.41) is 0. The van der Waals surface area contributed by atoms with E-state index in [2.05, 4.69) is 4.90 Å². The quantitative estimate of drug-likeness (QED) is 0.740. The van der Waals surface area contributed by atoms with E-state index in [0.29, 0.717) is 6.54 Å². The van der Waals surface area contributed by atoms with Crippen molar-refractivity contribution in [1.29, 1.82) is 0 Å². The summed E-state index contributed by atoms with van der Waals surface area (Å²) in [5.74, 6) is -0.124. The molecule has 0 spiro atoms. The third kappa shape index (κ3) is 2.64. The second kappa shape index (κ2) is 4.84. The number of hydrogen-bond donors (Lipinski definition) is 0. The van der Waals surface area contributed by atoms with Crippen molar-refractivity contribution in [3.63, 3.8) is 0 Å². The van der Waals surface area contributed by atoms with Gasteiger partial charge < -0.3 is 4.90 Å². The lowest BCUT2D eigenvalue weighted by Gasteiger charge is -2.39. The van der Waals surface area contributed by atoms with Crippen LogP contribution in [0.3, 0.4) is 0 Å². The molecule has 0 saturated carbocycles. The molecule has 1 aromatic rings. The average molecular weight is 236 g/mol. The first kappa shape index (κ1) is 12.0. The summed E-state index contributed by atoms with van der Waals surface area (Å²) in [6, 6.07) is 6.68. The Morgan fingerprint density at radius 3 is 2.53 bits per heavy atom. The molecule has 0 aromatic heterocycles. The van der Waals surface area contributed by atoms with Crippen LogP contribution in [0, 0.1) is 5.82 Å². The zero-order chi connectivity index (χ0) is 12.4. The van der Waals surface area contributed by atoms with Crippen LogP contribution in [0.2, 0.25) is 0 Å². The number of carbonyl (C=O) groups is 1. The molecule has 1 aliphatic rings. The largest absolute Gasteiger partial charge is 0.340 e. The first-order valence-electron chi connectivity index (χ1n) is 5.79. The van der Waals surface area contributed by atoms with Gasteiger partial charge in [-0.3, -0.25) is 9.69 Å². The third-order valence-electron chi connectivity index (χ3n) is 3.35. The monoisotopic (exact) mass is 236 g/mol. The molecule has 1 unspecified atom stereocenters. The number of hydrogen-bond acceptors (Lipinski definition) is 2. The van der Waals surface area contributed by atoms with Crippen LogP contribution in [-0.4, -0.2) is 42.4 Å².